The Morgan fingerprint density at radius 1 is 1.30 bits per heavy atom. The summed E-state index contributed by atoms with van der Waals surface area (Å²) in [6.07, 6.45) is -2.17. The van der Waals surface area contributed by atoms with Crippen LogP contribution in [0.4, 0.5) is 24.7 Å². The van der Waals surface area contributed by atoms with Gasteiger partial charge in [-0.3, -0.25) is 9.69 Å². The molecule has 140 valence electrons. The van der Waals surface area contributed by atoms with Crippen molar-refractivity contribution in [3.05, 3.63) is 47.9 Å². The van der Waals surface area contributed by atoms with E-state index >= 15 is 0 Å². The number of pyridine rings is 2. The third kappa shape index (κ3) is 3.08. The summed E-state index contributed by atoms with van der Waals surface area (Å²) in [6, 6.07) is 7.28. The van der Waals surface area contributed by atoms with Crippen molar-refractivity contribution in [2.24, 2.45) is 0 Å². The summed E-state index contributed by atoms with van der Waals surface area (Å²) in [7, 11) is 0. The lowest BCUT2D eigenvalue weighted by Gasteiger charge is -2.32. The van der Waals surface area contributed by atoms with Crippen molar-refractivity contribution in [3.8, 4) is 6.07 Å². The maximum Gasteiger partial charge on any atom is 0.419 e. The fourth-order valence-electron chi connectivity index (χ4n) is 2.95. The van der Waals surface area contributed by atoms with Crippen molar-refractivity contribution in [2.75, 3.05) is 9.80 Å². The van der Waals surface area contributed by atoms with E-state index in [1.807, 2.05) is 0 Å². The van der Waals surface area contributed by atoms with Gasteiger partial charge in [0.1, 0.15) is 17.4 Å². The molecule has 2 aromatic heterocycles. The van der Waals surface area contributed by atoms with E-state index < -0.39 is 34.4 Å². The van der Waals surface area contributed by atoms with Crippen molar-refractivity contribution in [2.45, 2.75) is 31.1 Å². The molecule has 1 atom stereocenters. The number of amides is 1. The summed E-state index contributed by atoms with van der Waals surface area (Å²) in [5, 5.41) is 8.89. The SMILES string of the molecule is CC1(C)C(=O)N(c2cnc(C#N)c(C(F)(F)F)c2)C(S)N1c1ccccn1. The van der Waals surface area contributed by atoms with Crippen LogP contribution in [0.3, 0.4) is 0 Å². The second kappa shape index (κ2) is 6.42. The van der Waals surface area contributed by atoms with Crippen LogP contribution in [0.5, 0.6) is 0 Å². The van der Waals surface area contributed by atoms with Gasteiger partial charge in [0.15, 0.2) is 11.2 Å². The highest BCUT2D eigenvalue weighted by Gasteiger charge is 2.52. The van der Waals surface area contributed by atoms with Gasteiger partial charge in [-0.1, -0.05) is 6.07 Å². The molecule has 1 unspecified atom stereocenters. The van der Waals surface area contributed by atoms with Crippen LogP contribution in [0, 0.1) is 11.3 Å². The molecule has 1 aliphatic heterocycles. The van der Waals surface area contributed by atoms with Gasteiger partial charge in [0.05, 0.1) is 17.4 Å². The number of thiol groups is 1. The van der Waals surface area contributed by atoms with E-state index in [4.69, 9.17) is 5.26 Å². The van der Waals surface area contributed by atoms with Crippen LogP contribution < -0.4 is 9.80 Å². The van der Waals surface area contributed by atoms with Gasteiger partial charge < -0.3 is 4.90 Å². The molecule has 3 heterocycles. The minimum atomic E-state index is -4.78. The normalized spacial score (nSPS) is 19.3. The standard InChI is InChI=1S/C17H14F3N5OS/c1-16(2)14(26)24(15(27)25(16)13-5-3-4-6-22-13)10-7-11(17(18,19)20)12(8-21)23-9-10/h3-7,9,15,27H,1-2H3. The van der Waals surface area contributed by atoms with E-state index in [9.17, 15) is 18.0 Å². The largest absolute Gasteiger partial charge is 0.419 e. The Labute approximate surface area is 158 Å². The molecule has 1 saturated heterocycles. The van der Waals surface area contributed by atoms with E-state index in [-0.39, 0.29) is 5.69 Å². The topological polar surface area (TPSA) is 73.1 Å². The lowest BCUT2D eigenvalue weighted by Crippen LogP contribution is -2.45. The first kappa shape index (κ1) is 19.0. The number of rotatable bonds is 2. The summed E-state index contributed by atoms with van der Waals surface area (Å²) in [6.45, 7) is 3.27. The lowest BCUT2D eigenvalue weighted by molar-refractivity contribution is -0.138. The molecule has 0 radical (unpaired) electrons. The van der Waals surface area contributed by atoms with E-state index in [1.54, 1.807) is 43.1 Å². The van der Waals surface area contributed by atoms with Crippen LogP contribution in [0.1, 0.15) is 25.1 Å². The molecule has 27 heavy (non-hydrogen) atoms. The Balaban J connectivity index is 2.11. The molecule has 1 fully saturated rings. The predicted molar refractivity (Wildman–Crippen MR) is 95.0 cm³/mol. The van der Waals surface area contributed by atoms with Gasteiger partial charge in [0.2, 0.25) is 0 Å². The average Bonchev–Trinajstić information content (AvgIpc) is 2.79. The molecule has 1 aliphatic rings. The smallest absolute Gasteiger partial charge is 0.313 e. The van der Waals surface area contributed by atoms with Gasteiger partial charge in [0.25, 0.3) is 5.91 Å². The highest BCUT2D eigenvalue weighted by molar-refractivity contribution is 7.81. The molecule has 3 rings (SSSR count). The summed E-state index contributed by atoms with van der Waals surface area (Å²) in [5.41, 5.74) is -4.07. The molecule has 0 aromatic carbocycles. The van der Waals surface area contributed by atoms with Crippen LogP contribution in [0.25, 0.3) is 0 Å². The molecule has 6 nitrogen and oxygen atoms in total. The van der Waals surface area contributed by atoms with E-state index in [0.29, 0.717) is 5.82 Å². The molecule has 0 saturated carbocycles. The third-order valence-electron chi connectivity index (χ3n) is 4.27. The van der Waals surface area contributed by atoms with E-state index in [1.165, 1.54) is 6.07 Å². The second-order valence-electron chi connectivity index (χ2n) is 6.34. The summed E-state index contributed by atoms with van der Waals surface area (Å²) < 4.78 is 39.8. The highest BCUT2D eigenvalue weighted by Crippen LogP contribution is 2.41. The first-order valence-corrected chi connectivity index (χ1v) is 8.30. The van der Waals surface area contributed by atoms with Crippen molar-refractivity contribution in [1.82, 2.24) is 9.97 Å². The van der Waals surface area contributed by atoms with E-state index in [0.717, 1.165) is 17.2 Å². The van der Waals surface area contributed by atoms with Crippen LogP contribution in [0.15, 0.2) is 36.7 Å². The van der Waals surface area contributed by atoms with Crippen molar-refractivity contribution >= 4 is 30.0 Å². The molecule has 2 aromatic rings. The van der Waals surface area contributed by atoms with Crippen molar-refractivity contribution in [1.29, 1.82) is 5.26 Å². The first-order chi connectivity index (χ1) is 12.6. The number of halogens is 3. The highest BCUT2D eigenvalue weighted by atomic mass is 32.1. The Kier molecular flexibility index (Phi) is 4.51. The Morgan fingerprint density at radius 3 is 2.56 bits per heavy atom. The fourth-order valence-corrected chi connectivity index (χ4v) is 3.59. The number of aromatic nitrogens is 2. The third-order valence-corrected chi connectivity index (χ3v) is 4.73. The van der Waals surface area contributed by atoms with Crippen molar-refractivity contribution < 1.29 is 18.0 Å². The van der Waals surface area contributed by atoms with Crippen LogP contribution >= 0.6 is 12.6 Å². The summed E-state index contributed by atoms with van der Waals surface area (Å²) in [5.74, 6) is -0.0104. The Bertz CT molecular complexity index is 926. The zero-order chi connectivity index (χ0) is 20.0. The van der Waals surface area contributed by atoms with Gasteiger partial charge in [-0.05, 0) is 32.0 Å². The summed E-state index contributed by atoms with van der Waals surface area (Å²) in [4.78, 5) is 23.5. The molecular formula is C17H14F3N5OS. The minimum Gasteiger partial charge on any atom is -0.313 e. The van der Waals surface area contributed by atoms with Gasteiger partial charge in [-0.2, -0.15) is 18.4 Å². The van der Waals surface area contributed by atoms with E-state index in [2.05, 4.69) is 22.6 Å². The monoisotopic (exact) mass is 393 g/mol. The Hall–Kier alpha value is -2.80. The minimum absolute atomic E-state index is 0.0992. The first-order valence-electron chi connectivity index (χ1n) is 7.78. The fraction of sp³-hybridized carbons (Fsp3) is 0.294. The van der Waals surface area contributed by atoms with Crippen LogP contribution in [-0.4, -0.2) is 26.9 Å². The lowest BCUT2D eigenvalue weighted by atomic mass is 10.0. The molecule has 10 heteroatoms. The number of hydrogen-bond acceptors (Lipinski definition) is 6. The molecule has 0 aliphatic carbocycles. The quantitative estimate of drug-likeness (QED) is 0.794. The number of hydrogen-bond donors (Lipinski definition) is 1. The molecule has 0 spiro atoms. The second-order valence-corrected chi connectivity index (χ2v) is 6.80. The maximum absolute atomic E-state index is 13.3. The number of anilines is 2. The zero-order valence-electron chi connectivity index (χ0n) is 14.3. The number of nitrogens with zero attached hydrogens (tertiary/aromatic N) is 5. The Morgan fingerprint density at radius 2 is 2.00 bits per heavy atom. The van der Waals surface area contributed by atoms with Crippen LogP contribution in [-0.2, 0) is 11.0 Å². The van der Waals surface area contributed by atoms with Gasteiger partial charge >= 0.3 is 6.18 Å². The average molecular weight is 393 g/mol. The van der Waals surface area contributed by atoms with Crippen molar-refractivity contribution in [3.63, 3.8) is 0 Å². The predicted octanol–water partition coefficient (Wildman–Crippen LogP) is 3.21. The molecular weight excluding hydrogens is 379 g/mol. The van der Waals surface area contributed by atoms with Gasteiger partial charge in [-0.25, -0.2) is 9.97 Å². The molecule has 1 amide bonds. The van der Waals surface area contributed by atoms with Gasteiger partial charge in [0, 0.05) is 6.20 Å². The zero-order valence-corrected chi connectivity index (χ0v) is 15.2. The number of alkyl halides is 3. The molecule has 0 bridgehead atoms. The molecule has 0 N–H and O–H groups in total. The maximum atomic E-state index is 13.3. The number of nitriles is 1. The van der Waals surface area contributed by atoms with Crippen LogP contribution in [0.2, 0.25) is 0 Å². The summed E-state index contributed by atoms with van der Waals surface area (Å²) >= 11 is 4.45. The number of carbonyl (C=O) groups excluding carboxylic acids is 1. The number of carbonyl (C=O) groups is 1. The van der Waals surface area contributed by atoms with Gasteiger partial charge in [-0.15, -0.1) is 12.6 Å².